The number of nitrogens with zero attached hydrogens (tertiary/aromatic N) is 1. The molecule has 0 aliphatic rings. The average molecular weight is 336 g/mol. The van der Waals surface area contributed by atoms with Gasteiger partial charge in [0, 0.05) is 17.2 Å². The molecule has 0 atom stereocenters. The van der Waals surface area contributed by atoms with Crippen molar-refractivity contribution < 1.29 is 13.2 Å². The maximum atomic E-state index is 12.2. The van der Waals surface area contributed by atoms with E-state index in [-0.39, 0.29) is 16.5 Å². The predicted octanol–water partition coefficient (Wildman–Crippen LogP) is 2.63. The molecule has 0 aliphatic carbocycles. The van der Waals surface area contributed by atoms with Crippen molar-refractivity contribution >= 4 is 25.6 Å². The minimum Gasteiger partial charge on any atom is -0.350 e. The summed E-state index contributed by atoms with van der Waals surface area (Å²) in [6.07, 6.45) is 1.88. The van der Waals surface area contributed by atoms with Gasteiger partial charge in [-0.05, 0) is 11.8 Å². The molecule has 0 bridgehead atoms. The van der Waals surface area contributed by atoms with Crippen LogP contribution in [-0.2, 0) is 9.05 Å². The summed E-state index contributed by atoms with van der Waals surface area (Å²) < 4.78 is 23.4. The summed E-state index contributed by atoms with van der Waals surface area (Å²) in [4.78, 5) is 11.9. The number of amides is 1. The molecule has 0 saturated heterocycles. The van der Waals surface area contributed by atoms with Gasteiger partial charge in [0.25, 0.3) is 15.0 Å². The summed E-state index contributed by atoms with van der Waals surface area (Å²) in [6, 6.07) is 0. The molecule has 0 spiro atoms. The second-order valence-electron chi connectivity index (χ2n) is 5.30. The fourth-order valence-electron chi connectivity index (χ4n) is 2.04. The van der Waals surface area contributed by atoms with E-state index in [1.54, 1.807) is 13.8 Å². The van der Waals surface area contributed by atoms with Gasteiger partial charge in [-0.25, -0.2) is 8.42 Å². The molecule has 0 aromatic carbocycles. The van der Waals surface area contributed by atoms with Crippen LogP contribution in [0.1, 0.15) is 62.6 Å². The Labute approximate surface area is 130 Å². The van der Waals surface area contributed by atoms with Crippen LogP contribution in [0.4, 0.5) is 0 Å². The second-order valence-corrected chi connectivity index (χ2v) is 7.80. The van der Waals surface area contributed by atoms with Crippen molar-refractivity contribution in [1.29, 1.82) is 0 Å². The fraction of sp³-hybridized carbons (Fsp3) is 0.692. The van der Waals surface area contributed by atoms with E-state index in [4.69, 9.17) is 10.7 Å². The maximum Gasteiger partial charge on any atom is 0.273 e. The molecule has 21 heavy (non-hydrogen) atoms. The van der Waals surface area contributed by atoms with Crippen molar-refractivity contribution in [1.82, 2.24) is 15.5 Å². The SMILES string of the molecule is CCC(CC)CNC(=O)c1n[nH]c(C(C)C)c1S(=O)(=O)Cl. The first-order valence-corrected chi connectivity index (χ1v) is 9.34. The van der Waals surface area contributed by atoms with E-state index in [0.717, 1.165) is 12.8 Å². The highest BCUT2D eigenvalue weighted by molar-refractivity contribution is 8.13. The van der Waals surface area contributed by atoms with Gasteiger partial charge in [0.2, 0.25) is 0 Å². The van der Waals surface area contributed by atoms with Crippen LogP contribution >= 0.6 is 10.7 Å². The largest absolute Gasteiger partial charge is 0.350 e. The van der Waals surface area contributed by atoms with Crippen LogP contribution in [0.5, 0.6) is 0 Å². The smallest absolute Gasteiger partial charge is 0.273 e. The van der Waals surface area contributed by atoms with E-state index in [9.17, 15) is 13.2 Å². The van der Waals surface area contributed by atoms with E-state index >= 15 is 0 Å². The molecule has 8 heteroatoms. The Morgan fingerprint density at radius 1 is 1.33 bits per heavy atom. The number of carbonyl (C=O) groups is 1. The molecule has 0 saturated carbocycles. The van der Waals surface area contributed by atoms with E-state index in [1.165, 1.54) is 0 Å². The quantitative estimate of drug-likeness (QED) is 0.749. The summed E-state index contributed by atoms with van der Waals surface area (Å²) in [5.74, 6) is -0.306. The minimum atomic E-state index is -4.04. The Hall–Kier alpha value is -1.08. The van der Waals surface area contributed by atoms with Crippen LogP contribution in [0.3, 0.4) is 0 Å². The zero-order chi connectivity index (χ0) is 16.2. The third-order valence-corrected chi connectivity index (χ3v) is 4.85. The van der Waals surface area contributed by atoms with Gasteiger partial charge in [-0.15, -0.1) is 0 Å². The third-order valence-electron chi connectivity index (χ3n) is 3.49. The Morgan fingerprint density at radius 3 is 2.33 bits per heavy atom. The fourth-order valence-corrected chi connectivity index (χ4v) is 3.42. The third kappa shape index (κ3) is 4.44. The zero-order valence-electron chi connectivity index (χ0n) is 12.7. The Bertz CT molecular complexity index is 592. The lowest BCUT2D eigenvalue weighted by Gasteiger charge is -2.12. The predicted molar refractivity (Wildman–Crippen MR) is 82.1 cm³/mol. The van der Waals surface area contributed by atoms with Crippen molar-refractivity contribution in [3.8, 4) is 0 Å². The first-order valence-electron chi connectivity index (χ1n) is 7.03. The molecule has 0 aliphatic heterocycles. The van der Waals surface area contributed by atoms with Gasteiger partial charge in [-0.3, -0.25) is 9.89 Å². The number of halogens is 1. The number of aromatic nitrogens is 2. The zero-order valence-corrected chi connectivity index (χ0v) is 14.3. The minimum absolute atomic E-state index is 0.137. The number of hydrogen-bond donors (Lipinski definition) is 2. The molecule has 0 radical (unpaired) electrons. The van der Waals surface area contributed by atoms with E-state index in [1.807, 2.05) is 13.8 Å². The molecule has 1 amide bonds. The summed E-state index contributed by atoms with van der Waals surface area (Å²) in [5.41, 5.74) is 0.178. The van der Waals surface area contributed by atoms with Crippen LogP contribution in [0.25, 0.3) is 0 Å². The van der Waals surface area contributed by atoms with E-state index in [0.29, 0.717) is 18.2 Å². The van der Waals surface area contributed by atoms with Gasteiger partial charge in [0.15, 0.2) is 5.69 Å². The summed E-state index contributed by atoms with van der Waals surface area (Å²) in [5, 5.41) is 9.16. The van der Waals surface area contributed by atoms with Gasteiger partial charge in [0.05, 0.1) is 5.69 Å². The molecule has 1 heterocycles. The first kappa shape index (κ1) is 18.0. The van der Waals surface area contributed by atoms with Crippen molar-refractivity contribution in [2.45, 2.75) is 51.3 Å². The van der Waals surface area contributed by atoms with Gasteiger partial charge in [-0.1, -0.05) is 40.5 Å². The van der Waals surface area contributed by atoms with Gasteiger partial charge in [-0.2, -0.15) is 5.10 Å². The lowest BCUT2D eigenvalue weighted by molar-refractivity contribution is 0.0938. The van der Waals surface area contributed by atoms with E-state index in [2.05, 4.69) is 15.5 Å². The van der Waals surface area contributed by atoms with Crippen LogP contribution in [0.2, 0.25) is 0 Å². The molecule has 2 N–H and O–H groups in total. The van der Waals surface area contributed by atoms with Gasteiger partial charge < -0.3 is 5.32 Å². The molecular weight excluding hydrogens is 314 g/mol. The van der Waals surface area contributed by atoms with Crippen molar-refractivity contribution in [3.63, 3.8) is 0 Å². The van der Waals surface area contributed by atoms with Crippen molar-refractivity contribution in [2.75, 3.05) is 6.54 Å². The number of hydrogen-bond acceptors (Lipinski definition) is 4. The molecule has 6 nitrogen and oxygen atoms in total. The van der Waals surface area contributed by atoms with Crippen LogP contribution < -0.4 is 5.32 Å². The van der Waals surface area contributed by atoms with Crippen LogP contribution in [-0.4, -0.2) is 31.1 Å². The average Bonchev–Trinajstić information content (AvgIpc) is 2.84. The van der Waals surface area contributed by atoms with Crippen molar-refractivity contribution in [2.24, 2.45) is 5.92 Å². The standard InChI is InChI=1S/C13H22ClN3O3S/c1-5-9(6-2)7-15-13(18)11-12(21(14,19)20)10(8(3)4)16-17-11/h8-9H,5-7H2,1-4H3,(H,15,18)(H,16,17). The Balaban J connectivity index is 3.06. The lowest BCUT2D eigenvalue weighted by atomic mass is 10.0. The van der Waals surface area contributed by atoms with Gasteiger partial charge in [0.1, 0.15) is 4.90 Å². The molecule has 0 fully saturated rings. The topological polar surface area (TPSA) is 91.9 Å². The summed E-state index contributed by atoms with van der Waals surface area (Å²) >= 11 is 0. The summed E-state index contributed by atoms with van der Waals surface area (Å²) in [7, 11) is 1.40. The summed E-state index contributed by atoms with van der Waals surface area (Å²) in [6.45, 7) is 8.16. The van der Waals surface area contributed by atoms with E-state index < -0.39 is 15.0 Å². The number of rotatable bonds is 7. The molecule has 120 valence electrons. The first-order chi connectivity index (χ1) is 9.72. The molecule has 1 aromatic heterocycles. The second kappa shape index (κ2) is 7.26. The highest BCUT2D eigenvalue weighted by Crippen LogP contribution is 2.27. The van der Waals surface area contributed by atoms with Crippen molar-refractivity contribution in [3.05, 3.63) is 11.4 Å². The Morgan fingerprint density at radius 2 is 1.90 bits per heavy atom. The number of aromatic amines is 1. The highest BCUT2D eigenvalue weighted by atomic mass is 35.7. The normalized spacial score (nSPS) is 12.1. The molecule has 0 unspecified atom stereocenters. The van der Waals surface area contributed by atoms with Gasteiger partial charge >= 0.3 is 0 Å². The number of carbonyl (C=O) groups excluding carboxylic acids is 1. The number of nitrogens with one attached hydrogen (secondary N) is 2. The molecule has 1 rings (SSSR count). The highest BCUT2D eigenvalue weighted by Gasteiger charge is 2.29. The Kier molecular flexibility index (Phi) is 6.22. The van der Waals surface area contributed by atoms with Crippen LogP contribution in [0.15, 0.2) is 4.90 Å². The lowest BCUT2D eigenvalue weighted by Crippen LogP contribution is -2.30. The maximum absolute atomic E-state index is 12.2. The van der Waals surface area contributed by atoms with Crippen LogP contribution in [0, 0.1) is 5.92 Å². The molecule has 1 aromatic rings. The number of H-pyrrole nitrogens is 1. The molecular formula is C13H22ClN3O3S. The monoisotopic (exact) mass is 335 g/mol.